The van der Waals surface area contributed by atoms with Gasteiger partial charge in [-0.05, 0) is 36.2 Å². The van der Waals surface area contributed by atoms with Crippen LogP contribution in [0.25, 0.3) is 10.9 Å². The van der Waals surface area contributed by atoms with Gasteiger partial charge in [0.2, 0.25) is 0 Å². The molecule has 4 heteroatoms. The predicted octanol–water partition coefficient (Wildman–Crippen LogP) is 3.22. The van der Waals surface area contributed by atoms with Crippen LogP contribution in [0.3, 0.4) is 0 Å². The van der Waals surface area contributed by atoms with Gasteiger partial charge >= 0.3 is 0 Å². The molecule has 1 saturated carbocycles. The van der Waals surface area contributed by atoms with Gasteiger partial charge in [0.05, 0.1) is 6.42 Å². The van der Waals surface area contributed by atoms with Crippen molar-refractivity contribution in [2.45, 2.75) is 38.5 Å². The van der Waals surface area contributed by atoms with E-state index < -0.39 is 0 Å². The first kappa shape index (κ1) is 17.7. The molecular formula is C23H24FN2O+. The number of carbonyl (C=O) groups excluding carboxylic acids is 1. The van der Waals surface area contributed by atoms with E-state index in [1.54, 1.807) is 12.1 Å². The molecular weight excluding hydrogens is 339 g/mol. The molecule has 27 heavy (non-hydrogen) atoms. The van der Waals surface area contributed by atoms with Crippen molar-refractivity contribution in [3.63, 3.8) is 0 Å². The average molecular weight is 363 g/mol. The summed E-state index contributed by atoms with van der Waals surface area (Å²) in [5.74, 6) is 0.155. The number of nitrogens with one attached hydrogen (secondary N) is 2. The van der Waals surface area contributed by atoms with Crippen LogP contribution >= 0.6 is 0 Å². The number of fused-ring (bicyclic) bond motifs is 1. The summed E-state index contributed by atoms with van der Waals surface area (Å²) in [4.78, 5) is 19.1. The summed E-state index contributed by atoms with van der Waals surface area (Å²) in [7, 11) is 0. The van der Waals surface area contributed by atoms with Gasteiger partial charge in [-0.25, -0.2) is 9.38 Å². The normalized spacial score (nSPS) is 19.1. The highest BCUT2D eigenvalue weighted by Crippen LogP contribution is 2.28. The highest BCUT2D eigenvalue weighted by molar-refractivity contribution is 6.02. The third kappa shape index (κ3) is 3.85. The molecule has 1 heterocycles. The first-order valence-electron chi connectivity index (χ1n) is 9.52. The third-order valence-electron chi connectivity index (χ3n) is 5.50. The van der Waals surface area contributed by atoms with Crippen molar-refractivity contribution in [1.29, 1.82) is 0 Å². The fourth-order valence-electron chi connectivity index (χ4n) is 4.15. The molecule has 0 amide bonds. The van der Waals surface area contributed by atoms with Crippen LogP contribution in [0.1, 0.15) is 42.0 Å². The zero-order valence-electron chi connectivity index (χ0n) is 15.5. The third-order valence-corrected chi connectivity index (χ3v) is 5.50. The number of ketones is 1. The summed E-state index contributed by atoms with van der Waals surface area (Å²) in [6.07, 6.45) is 2.79. The Bertz CT molecular complexity index is 1000. The van der Waals surface area contributed by atoms with Crippen molar-refractivity contribution < 1.29 is 14.2 Å². The molecule has 3 nitrogen and oxygen atoms in total. The highest BCUT2D eigenvalue weighted by atomic mass is 19.1. The SMILES string of the molecule is Cc1[nH]c2ccccc2c1CC[NH+]=C1CC(=O)C[C@@H](c2ccc(F)cc2)C1. The fourth-order valence-corrected chi connectivity index (χ4v) is 4.15. The van der Waals surface area contributed by atoms with Crippen LogP contribution in [-0.2, 0) is 11.2 Å². The molecule has 2 N–H and O–H groups in total. The maximum atomic E-state index is 13.2. The Morgan fingerprint density at radius 3 is 2.70 bits per heavy atom. The topological polar surface area (TPSA) is 46.8 Å². The van der Waals surface area contributed by atoms with E-state index in [1.807, 2.05) is 6.07 Å². The minimum atomic E-state index is -0.239. The van der Waals surface area contributed by atoms with Crippen molar-refractivity contribution >= 4 is 22.4 Å². The smallest absolute Gasteiger partial charge is 0.158 e. The van der Waals surface area contributed by atoms with E-state index in [9.17, 15) is 9.18 Å². The number of hydrogen-bond donors (Lipinski definition) is 2. The molecule has 0 spiro atoms. The monoisotopic (exact) mass is 363 g/mol. The molecule has 0 radical (unpaired) electrons. The van der Waals surface area contributed by atoms with Gasteiger partial charge in [0.15, 0.2) is 5.71 Å². The average Bonchev–Trinajstić information content (AvgIpc) is 2.97. The van der Waals surface area contributed by atoms with E-state index >= 15 is 0 Å². The van der Waals surface area contributed by atoms with Gasteiger partial charge in [-0.3, -0.25) is 4.79 Å². The molecule has 1 fully saturated rings. The van der Waals surface area contributed by atoms with Gasteiger partial charge in [-0.1, -0.05) is 30.3 Å². The molecule has 1 aliphatic rings. The van der Waals surface area contributed by atoms with Crippen LogP contribution in [0.2, 0.25) is 0 Å². The lowest BCUT2D eigenvalue weighted by Gasteiger charge is -2.20. The number of benzene rings is 2. The van der Waals surface area contributed by atoms with E-state index in [-0.39, 0.29) is 17.5 Å². The Hall–Kier alpha value is -2.75. The Labute approximate surface area is 158 Å². The van der Waals surface area contributed by atoms with Crippen LogP contribution in [-0.4, -0.2) is 23.0 Å². The molecule has 0 unspecified atom stereocenters. The number of rotatable bonds is 4. The lowest BCUT2D eigenvalue weighted by atomic mass is 9.82. The minimum Gasteiger partial charge on any atom is -0.358 e. The van der Waals surface area contributed by atoms with Crippen LogP contribution in [0, 0.1) is 12.7 Å². The van der Waals surface area contributed by atoms with E-state index in [0.29, 0.717) is 12.8 Å². The number of Topliss-reactive ketones (excluding diaryl/α,β-unsaturated/α-hetero) is 1. The quantitative estimate of drug-likeness (QED) is 0.735. The van der Waals surface area contributed by atoms with Gasteiger partial charge in [0, 0.05) is 41.8 Å². The number of carbonyl (C=O) groups is 1. The standard InChI is InChI=1S/C23H23FN2O/c1-15-21(22-4-2-3-5-23(22)26-15)10-11-25-19-12-17(13-20(27)14-19)16-6-8-18(24)9-7-16/h2-9,17,26H,10-14H2,1H3/p+1/t17-/m0/s1. The van der Waals surface area contributed by atoms with Gasteiger partial charge in [0.1, 0.15) is 18.1 Å². The van der Waals surface area contributed by atoms with Crippen LogP contribution in [0.4, 0.5) is 4.39 Å². The number of para-hydroxylation sites is 1. The van der Waals surface area contributed by atoms with Crippen molar-refractivity contribution in [3.05, 3.63) is 71.2 Å². The number of halogens is 1. The molecule has 2 aromatic carbocycles. The second kappa shape index (κ2) is 7.47. The zero-order valence-corrected chi connectivity index (χ0v) is 15.5. The van der Waals surface area contributed by atoms with E-state index in [1.165, 1.54) is 34.3 Å². The zero-order chi connectivity index (χ0) is 18.8. The summed E-state index contributed by atoms with van der Waals surface area (Å²) in [5.41, 5.74) is 5.83. The molecule has 1 atom stereocenters. The molecule has 4 rings (SSSR count). The highest BCUT2D eigenvalue weighted by Gasteiger charge is 2.28. The maximum absolute atomic E-state index is 13.2. The van der Waals surface area contributed by atoms with Gasteiger partial charge in [0.25, 0.3) is 0 Å². The van der Waals surface area contributed by atoms with Gasteiger partial charge in [-0.15, -0.1) is 0 Å². The first-order valence-corrected chi connectivity index (χ1v) is 9.52. The molecule has 3 aromatic rings. The van der Waals surface area contributed by atoms with Crippen molar-refractivity contribution in [2.24, 2.45) is 0 Å². The number of aromatic amines is 1. The van der Waals surface area contributed by atoms with E-state index in [0.717, 1.165) is 30.7 Å². The lowest BCUT2D eigenvalue weighted by Crippen LogP contribution is -2.74. The molecule has 1 aromatic heterocycles. The Balaban J connectivity index is 1.47. The predicted molar refractivity (Wildman–Crippen MR) is 106 cm³/mol. The molecule has 0 aliphatic heterocycles. The Kier molecular flexibility index (Phi) is 4.88. The number of aryl methyl sites for hydroxylation is 1. The number of hydrogen-bond acceptors (Lipinski definition) is 1. The van der Waals surface area contributed by atoms with Crippen LogP contribution in [0.15, 0.2) is 48.5 Å². The van der Waals surface area contributed by atoms with Crippen molar-refractivity contribution in [1.82, 2.24) is 4.98 Å². The molecule has 138 valence electrons. The number of H-pyrrole nitrogens is 1. The summed E-state index contributed by atoms with van der Waals surface area (Å²) in [6, 6.07) is 14.9. The largest absolute Gasteiger partial charge is 0.358 e. The van der Waals surface area contributed by atoms with E-state index in [2.05, 4.69) is 35.1 Å². The molecule has 1 aliphatic carbocycles. The summed E-state index contributed by atoms with van der Waals surface area (Å²) < 4.78 is 13.2. The Morgan fingerprint density at radius 1 is 1.11 bits per heavy atom. The maximum Gasteiger partial charge on any atom is 0.158 e. The summed E-state index contributed by atoms with van der Waals surface area (Å²) in [6.45, 7) is 2.92. The first-order chi connectivity index (χ1) is 13.1. The Morgan fingerprint density at radius 2 is 1.89 bits per heavy atom. The van der Waals surface area contributed by atoms with Crippen LogP contribution < -0.4 is 4.99 Å². The lowest BCUT2D eigenvalue weighted by molar-refractivity contribution is -0.459. The number of aromatic nitrogens is 1. The molecule has 0 saturated heterocycles. The van der Waals surface area contributed by atoms with E-state index in [4.69, 9.17) is 0 Å². The van der Waals surface area contributed by atoms with Crippen molar-refractivity contribution in [3.8, 4) is 0 Å². The van der Waals surface area contributed by atoms with Gasteiger partial charge in [-0.2, -0.15) is 0 Å². The van der Waals surface area contributed by atoms with Crippen LogP contribution in [0.5, 0.6) is 0 Å². The molecule has 0 bridgehead atoms. The van der Waals surface area contributed by atoms with Crippen molar-refractivity contribution in [2.75, 3.05) is 6.54 Å². The fraction of sp³-hybridized carbons (Fsp3) is 0.304. The second-order valence-electron chi connectivity index (χ2n) is 7.43. The van der Waals surface area contributed by atoms with Gasteiger partial charge < -0.3 is 4.98 Å². The summed E-state index contributed by atoms with van der Waals surface area (Å²) >= 11 is 0. The second-order valence-corrected chi connectivity index (χ2v) is 7.43. The minimum absolute atomic E-state index is 0.143. The summed E-state index contributed by atoms with van der Waals surface area (Å²) in [5, 5.41) is 1.27.